The summed E-state index contributed by atoms with van der Waals surface area (Å²) in [7, 11) is 4.98. The Labute approximate surface area is 273 Å². The van der Waals surface area contributed by atoms with Crippen molar-refractivity contribution in [1.29, 1.82) is 0 Å². The van der Waals surface area contributed by atoms with Gasteiger partial charge in [0.1, 0.15) is 22.7 Å². The Morgan fingerprint density at radius 3 is 1.96 bits per heavy atom. The minimum Gasteiger partial charge on any atom is -0.497 e. The summed E-state index contributed by atoms with van der Waals surface area (Å²) in [6.07, 6.45) is 7.92. The number of aryl methyl sites for hydroxylation is 2. The van der Waals surface area contributed by atoms with Crippen LogP contribution in [0.1, 0.15) is 63.4 Å². The molecule has 0 aliphatic heterocycles. The number of ether oxygens (including phenoxy) is 2. The lowest BCUT2D eigenvalue weighted by Crippen LogP contribution is -2.38. The van der Waals surface area contributed by atoms with E-state index in [1.54, 1.807) is 87.8 Å². The molecule has 0 atom stereocenters. The fourth-order valence-corrected chi connectivity index (χ4v) is 4.40. The van der Waals surface area contributed by atoms with Gasteiger partial charge in [0.15, 0.2) is 0 Å². The van der Waals surface area contributed by atoms with E-state index in [0.29, 0.717) is 34.0 Å². The monoisotopic (exact) mass is 641 g/mol. The third-order valence-electron chi connectivity index (χ3n) is 6.68. The molecule has 1 aromatic carbocycles. The smallest absolute Gasteiger partial charge is 0.407 e. The first kappa shape index (κ1) is 34.0. The molecule has 246 valence electrons. The van der Waals surface area contributed by atoms with E-state index in [2.05, 4.69) is 26.3 Å². The van der Waals surface area contributed by atoms with Crippen LogP contribution < -0.4 is 26.0 Å². The van der Waals surface area contributed by atoms with Gasteiger partial charge in [0, 0.05) is 45.8 Å². The van der Waals surface area contributed by atoms with Crippen molar-refractivity contribution in [2.75, 3.05) is 30.8 Å². The summed E-state index contributed by atoms with van der Waals surface area (Å²) in [6.45, 7) is 5.66. The fraction of sp³-hybridized carbons (Fsp3) is 0.265. The second kappa shape index (κ2) is 15.0. The molecule has 3 heterocycles. The van der Waals surface area contributed by atoms with Crippen LogP contribution in [0.15, 0.2) is 67.1 Å². The highest BCUT2D eigenvalue weighted by atomic mass is 16.6. The van der Waals surface area contributed by atoms with Gasteiger partial charge in [-0.1, -0.05) is 18.2 Å². The first-order valence-electron chi connectivity index (χ1n) is 14.8. The number of hydrogen-bond donors (Lipinski definition) is 4. The number of nitrogens with zero attached hydrogens (tertiary/aromatic N) is 3. The van der Waals surface area contributed by atoms with Gasteiger partial charge in [-0.3, -0.25) is 19.4 Å². The number of pyridine rings is 1. The van der Waals surface area contributed by atoms with Crippen molar-refractivity contribution in [2.24, 2.45) is 14.1 Å². The molecule has 4 aromatic rings. The van der Waals surface area contributed by atoms with Gasteiger partial charge >= 0.3 is 6.09 Å². The maximum atomic E-state index is 13.1. The van der Waals surface area contributed by atoms with E-state index in [1.165, 1.54) is 6.20 Å². The standard InChI is InChI=1S/C34H39N7O6/c1-34(2,3)47-33(45)36-16-15-35-31(43)28-17-26(21-40(28)4)39-32(44)29-18-25(20-41(29)5)38-30(42)23-10-12-24(37-19-23)11-7-22-8-13-27(46-6)14-9-22/h7-14,17-21H,15-16H2,1-6H3,(H,35,43)(H,36,45)(H,38,42)(H,39,44)/b11-7+. The van der Waals surface area contributed by atoms with Gasteiger partial charge in [-0.25, -0.2) is 4.79 Å². The lowest BCUT2D eigenvalue weighted by Gasteiger charge is -2.19. The van der Waals surface area contributed by atoms with Gasteiger partial charge in [-0.05, 0) is 68.8 Å². The van der Waals surface area contributed by atoms with Gasteiger partial charge in [0.2, 0.25) is 0 Å². The predicted molar refractivity (Wildman–Crippen MR) is 179 cm³/mol. The molecule has 0 spiro atoms. The molecular weight excluding hydrogens is 602 g/mol. The minimum absolute atomic E-state index is 0.185. The molecule has 0 aliphatic carbocycles. The maximum Gasteiger partial charge on any atom is 0.407 e. The summed E-state index contributed by atoms with van der Waals surface area (Å²) >= 11 is 0. The Bertz CT molecular complexity index is 1760. The lowest BCUT2D eigenvalue weighted by atomic mass is 10.1. The second-order valence-electron chi connectivity index (χ2n) is 11.6. The first-order valence-corrected chi connectivity index (χ1v) is 14.8. The molecule has 3 aromatic heterocycles. The van der Waals surface area contributed by atoms with E-state index in [9.17, 15) is 19.2 Å². The van der Waals surface area contributed by atoms with Crippen molar-refractivity contribution in [3.63, 3.8) is 0 Å². The molecule has 0 saturated heterocycles. The Hall–Kier alpha value is -5.85. The van der Waals surface area contributed by atoms with Gasteiger partial charge in [-0.15, -0.1) is 0 Å². The highest BCUT2D eigenvalue weighted by Gasteiger charge is 2.18. The normalized spacial score (nSPS) is 11.2. The van der Waals surface area contributed by atoms with Crippen LogP contribution in [0.4, 0.5) is 16.2 Å². The maximum absolute atomic E-state index is 13.1. The van der Waals surface area contributed by atoms with E-state index in [4.69, 9.17) is 9.47 Å². The molecular formula is C34H39N7O6. The van der Waals surface area contributed by atoms with Crippen molar-refractivity contribution in [3.8, 4) is 5.75 Å². The molecule has 0 saturated carbocycles. The molecule has 0 bridgehead atoms. The third-order valence-corrected chi connectivity index (χ3v) is 6.68. The van der Waals surface area contributed by atoms with Crippen LogP contribution in [0.25, 0.3) is 12.2 Å². The van der Waals surface area contributed by atoms with Crippen LogP contribution >= 0.6 is 0 Å². The summed E-state index contributed by atoms with van der Waals surface area (Å²) in [4.78, 5) is 54.7. The van der Waals surface area contributed by atoms with Gasteiger partial charge in [0.25, 0.3) is 17.7 Å². The van der Waals surface area contributed by atoms with Crippen LogP contribution in [0.2, 0.25) is 0 Å². The zero-order chi connectivity index (χ0) is 34.1. The van der Waals surface area contributed by atoms with Crippen LogP contribution in [-0.2, 0) is 18.8 Å². The zero-order valence-electron chi connectivity index (χ0n) is 27.2. The quantitative estimate of drug-likeness (QED) is 0.173. The molecule has 13 heteroatoms. The molecule has 0 radical (unpaired) electrons. The highest BCUT2D eigenvalue weighted by molar-refractivity contribution is 6.07. The van der Waals surface area contributed by atoms with E-state index in [1.807, 2.05) is 36.4 Å². The van der Waals surface area contributed by atoms with E-state index in [0.717, 1.165) is 11.3 Å². The number of hydrogen-bond acceptors (Lipinski definition) is 7. The number of rotatable bonds is 11. The fourth-order valence-electron chi connectivity index (χ4n) is 4.40. The number of nitrogens with one attached hydrogen (secondary N) is 4. The molecule has 0 unspecified atom stereocenters. The Balaban J connectivity index is 1.29. The topological polar surface area (TPSA) is 158 Å². The average molecular weight is 642 g/mol. The van der Waals surface area contributed by atoms with Crippen molar-refractivity contribution in [3.05, 3.63) is 95.3 Å². The third kappa shape index (κ3) is 9.82. The van der Waals surface area contributed by atoms with Crippen molar-refractivity contribution in [1.82, 2.24) is 24.8 Å². The molecule has 0 aliphatic rings. The number of anilines is 2. The van der Waals surface area contributed by atoms with E-state index >= 15 is 0 Å². The molecule has 4 N–H and O–H groups in total. The van der Waals surface area contributed by atoms with Gasteiger partial charge in [0.05, 0.1) is 29.7 Å². The van der Waals surface area contributed by atoms with Crippen LogP contribution in [-0.4, -0.2) is 63.7 Å². The number of methoxy groups -OCH3 is 1. The Morgan fingerprint density at radius 2 is 1.38 bits per heavy atom. The largest absolute Gasteiger partial charge is 0.497 e. The van der Waals surface area contributed by atoms with Crippen LogP contribution in [0.5, 0.6) is 5.75 Å². The van der Waals surface area contributed by atoms with E-state index < -0.39 is 17.6 Å². The minimum atomic E-state index is -0.616. The number of carbonyl (C=O) groups excluding carboxylic acids is 4. The lowest BCUT2D eigenvalue weighted by molar-refractivity contribution is 0.0526. The van der Waals surface area contributed by atoms with Gasteiger partial charge < -0.3 is 39.9 Å². The SMILES string of the molecule is COc1ccc(/C=C/c2ccc(C(=O)Nc3cc(C(=O)Nc4cc(C(=O)NCCNC(=O)OC(C)(C)C)n(C)c4)n(C)c3)cn2)cc1. The zero-order valence-corrected chi connectivity index (χ0v) is 27.2. The van der Waals surface area contributed by atoms with Gasteiger partial charge in [-0.2, -0.15) is 0 Å². The summed E-state index contributed by atoms with van der Waals surface area (Å²) in [5.41, 5.74) is 2.86. The molecule has 13 nitrogen and oxygen atoms in total. The van der Waals surface area contributed by atoms with Crippen molar-refractivity contribution < 1.29 is 28.7 Å². The summed E-state index contributed by atoms with van der Waals surface area (Å²) < 4.78 is 13.5. The van der Waals surface area contributed by atoms with Crippen molar-refractivity contribution >= 4 is 47.3 Å². The van der Waals surface area contributed by atoms with E-state index in [-0.39, 0.29) is 24.9 Å². The Kier molecular flexibility index (Phi) is 10.8. The van der Waals surface area contributed by atoms with Crippen LogP contribution in [0, 0.1) is 0 Å². The Morgan fingerprint density at radius 1 is 0.787 bits per heavy atom. The highest BCUT2D eigenvalue weighted by Crippen LogP contribution is 2.19. The number of aromatic nitrogens is 3. The molecule has 0 fully saturated rings. The molecule has 47 heavy (non-hydrogen) atoms. The number of alkyl carbamates (subject to hydrolysis) is 1. The van der Waals surface area contributed by atoms with Crippen LogP contribution in [0.3, 0.4) is 0 Å². The molecule has 4 rings (SSSR count). The number of amides is 4. The molecule has 4 amide bonds. The summed E-state index contributed by atoms with van der Waals surface area (Å²) in [5, 5.41) is 10.9. The first-order chi connectivity index (χ1) is 22.3. The average Bonchev–Trinajstić information content (AvgIpc) is 3.58. The number of carbonyl (C=O) groups is 4. The predicted octanol–water partition coefficient (Wildman–Crippen LogP) is 4.70. The summed E-state index contributed by atoms with van der Waals surface area (Å²) in [6, 6.07) is 14.1. The second-order valence-corrected chi connectivity index (χ2v) is 11.6. The van der Waals surface area contributed by atoms with Crippen molar-refractivity contribution in [2.45, 2.75) is 26.4 Å². The summed E-state index contributed by atoms with van der Waals surface area (Å²) in [5.74, 6) is -0.404. The number of benzene rings is 1.